The van der Waals surface area contributed by atoms with Crippen LogP contribution in [-0.4, -0.2) is 15.2 Å². The summed E-state index contributed by atoms with van der Waals surface area (Å²) < 4.78 is 11.7. The van der Waals surface area contributed by atoms with Crippen LogP contribution in [0.25, 0.3) is 22.8 Å². The van der Waals surface area contributed by atoms with Crippen molar-refractivity contribution in [2.24, 2.45) is 0 Å². The molecule has 0 saturated carbocycles. The van der Waals surface area contributed by atoms with E-state index in [1.165, 1.54) is 17.7 Å². The molecule has 0 amide bonds. The predicted molar refractivity (Wildman–Crippen MR) is 116 cm³/mol. The number of hydrogen-bond acceptors (Lipinski definition) is 5. The standard InChI is InChI=1S/C25H23NO4/c1-25(2,3)18-7-11-20(12-8-18)29-19-9-4-16(5-10-19)23-15-26-24(30-23)17-6-13-21(27)22(28)14-17/h4-15,27-28H,1-3H3. The van der Waals surface area contributed by atoms with Crippen LogP contribution >= 0.6 is 0 Å². The van der Waals surface area contributed by atoms with Crippen LogP contribution in [0.2, 0.25) is 0 Å². The van der Waals surface area contributed by atoms with Crippen LogP contribution in [0.1, 0.15) is 26.3 Å². The number of phenolic OH excluding ortho intramolecular Hbond substituents is 2. The zero-order valence-electron chi connectivity index (χ0n) is 17.1. The summed E-state index contributed by atoms with van der Waals surface area (Å²) in [7, 11) is 0. The molecule has 5 heteroatoms. The number of benzene rings is 3. The maximum atomic E-state index is 9.66. The fourth-order valence-electron chi connectivity index (χ4n) is 3.04. The van der Waals surface area contributed by atoms with Crippen molar-refractivity contribution in [3.63, 3.8) is 0 Å². The van der Waals surface area contributed by atoms with Gasteiger partial charge < -0.3 is 19.4 Å². The number of rotatable bonds is 4. The molecule has 1 heterocycles. The molecule has 152 valence electrons. The van der Waals surface area contributed by atoms with Crippen molar-refractivity contribution >= 4 is 0 Å². The van der Waals surface area contributed by atoms with E-state index in [2.05, 4.69) is 37.9 Å². The molecule has 0 unspecified atom stereocenters. The van der Waals surface area contributed by atoms with Gasteiger partial charge in [-0.1, -0.05) is 32.9 Å². The molecule has 0 saturated heterocycles. The van der Waals surface area contributed by atoms with Gasteiger partial charge in [0.05, 0.1) is 6.20 Å². The van der Waals surface area contributed by atoms with Gasteiger partial charge in [-0.3, -0.25) is 0 Å². The van der Waals surface area contributed by atoms with E-state index in [4.69, 9.17) is 9.15 Å². The van der Waals surface area contributed by atoms with E-state index in [1.54, 1.807) is 12.3 Å². The van der Waals surface area contributed by atoms with Gasteiger partial charge >= 0.3 is 0 Å². The van der Waals surface area contributed by atoms with Gasteiger partial charge in [0.2, 0.25) is 5.89 Å². The first-order chi connectivity index (χ1) is 14.3. The van der Waals surface area contributed by atoms with E-state index in [0.29, 0.717) is 17.2 Å². The number of ether oxygens (including phenoxy) is 1. The summed E-state index contributed by atoms with van der Waals surface area (Å²) >= 11 is 0. The van der Waals surface area contributed by atoms with Gasteiger partial charge in [0, 0.05) is 11.1 Å². The lowest BCUT2D eigenvalue weighted by atomic mass is 9.87. The Hall–Kier alpha value is -3.73. The highest BCUT2D eigenvalue weighted by molar-refractivity contribution is 5.63. The zero-order chi connectivity index (χ0) is 21.3. The van der Waals surface area contributed by atoms with Crippen LogP contribution in [0, 0.1) is 0 Å². The zero-order valence-corrected chi connectivity index (χ0v) is 17.1. The Morgan fingerprint density at radius 1 is 0.767 bits per heavy atom. The summed E-state index contributed by atoms with van der Waals surface area (Å²) in [6, 6.07) is 20.1. The number of nitrogens with zero attached hydrogens (tertiary/aromatic N) is 1. The highest BCUT2D eigenvalue weighted by atomic mass is 16.5. The highest BCUT2D eigenvalue weighted by Gasteiger charge is 2.13. The summed E-state index contributed by atoms with van der Waals surface area (Å²) in [6.45, 7) is 6.54. The molecular weight excluding hydrogens is 378 g/mol. The maximum Gasteiger partial charge on any atom is 0.226 e. The molecule has 4 aromatic rings. The van der Waals surface area contributed by atoms with Crippen molar-refractivity contribution in [1.82, 2.24) is 4.98 Å². The van der Waals surface area contributed by atoms with E-state index < -0.39 is 0 Å². The van der Waals surface area contributed by atoms with E-state index in [0.717, 1.165) is 17.1 Å². The van der Waals surface area contributed by atoms with E-state index in [9.17, 15) is 10.2 Å². The molecule has 0 radical (unpaired) electrons. The number of phenols is 2. The van der Waals surface area contributed by atoms with Gasteiger partial charge in [-0.05, 0) is 65.6 Å². The lowest BCUT2D eigenvalue weighted by Gasteiger charge is -2.19. The molecule has 0 fully saturated rings. The SMILES string of the molecule is CC(C)(C)c1ccc(Oc2ccc(-c3cnc(-c4ccc(O)c(O)c4)o3)cc2)cc1. The van der Waals surface area contributed by atoms with Crippen molar-refractivity contribution in [1.29, 1.82) is 0 Å². The molecule has 0 bridgehead atoms. The average molecular weight is 401 g/mol. The van der Waals surface area contributed by atoms with Gasteiger partial charge in [0.15, 0.2) is 17.3 Å². The molecule has 0 aliphatic rings. The van der Waals surface area contributed by atoms with Crippen molar-refractivity contribution in [2.75, 3.05) is 0 Å². The first kappa shape index (κ1) is 19.6. The molecule has 4 rings (SSSR count). The summed E-state index contributed by atoms with van der Waals surface area (Å²) in [6.07, 6.45) is 1.63. The van der Waals surface area contributed by atoms with Crippen LogP contribution < -0.4 is 4.74 Å². The minimum Gasteiger partial charge on any atom is -0.504 e. The third-order valence-corrected chi connectivity index (χ3v) is 4.82. The highest BCUT2D eigenvalue weighted by Crippen LogP contribution is 2.33. The second-order valence-electron chi connectivity index (χ2n) is 8.13. The quantitative estimate of drug-likeness (QED) is 0.381. The number of aromatic hydroxyl groups is 2. The van der Waals surface area contributed by atoms with Crippen molar-refractivity contribution in [3.8, 4) is 45.8 Å². The summed E-state index contributed by atoms with van der Waals surface area (Å²) in [4.78, 5) is 4.26. The Kier molecular flexibility index (Phi) is 4.96. The molecule has 0 spiro atoms. The molecule has 0 aliphatic carbocycles. The van der Waals surface area contributed by atoms with E-state index in [-0.39, 0.29) is 16.9 Å². The number of oxazole rings is 1. The fraction of sp³-hybridized carbons (Fsp3) is 0.160. The third kappa shape index (κ3) is 4.15. The second kappa shape index (κ2) is 7.59. The Labute approximate surface area is 175 Å². The van der Waals surface area contributed by atoms with Gasteiger partial charge in [-0.2, -0.15) is 0 Å². The molecule has 2 N–H and O–H groups in total. The van der Waals surface area contributed by atoms with Gasteiger partial charge in [0.25, 0.3) is 0 Å². The van der Waals surface area contributed by atoms with E-state index in [1.807, 2.05) is 36.4 Å². The molecule has 5 nitrogen and oxygen atoms in total. The summed E-state index contributed by atoms with van der Waals surface area (Å²) in [5.74, 6) is 2.06. The molecule has 0 aliphatic heterocycles. The number of hydrogen-bond donors (Lipinski definition) is 2. The van der Waals surface area contributed by atoms with E-state index >= 15 is 0 Å². The fourth-order valence-corrected chi connectivity index (χ4v) is 3.04. The monoisotopic (exact) mass is 401 g/mol. The van der Waals surface area contributed by atoms with Gasteiger partial charge in [-0.25, -0.2) is 4.98 Å². The van der Waals surface area contributed by atoms with Crippen LogP contribution in [0.5, 0.6) is 23.0 Å². The third-order valence-electron chi connectivity index (χ3n) is 4.82. The molecular formula is C25H23NO4. The number of aromatic nitrogens is 1. The average Bonchev–Trinajstić information content (AvgIpc) is 3.21. The maximum absolute atomic E-state index is 9.66. The van der Waals surface area contributed by atoms with Crippen molar-refractivity contribution < 1.29 is 19.4 Å². The van der Waals surface area contributed by atoms with Crippen LogP contribution in [0.3, 0.4) is 0 Å². The normalized spacial score (nSPS) is 11.4. The Balaban J connectivity index is 1.49. The Morgan fingerprint density at radius 3 is 1.97 bits per heavy atom. The van der Waals surface area contributed by atoms with Crippen molar-refractivity contribution in [2.45, 2.75) is 26.2 Å². The van der Waals surface area contributed by atoms with Crippen LogP contribution in [0.4, 0.5) is 0 Å². The van der Waals surface area contributed by atoms with Gasteiger partial charge in [-0.15, -0.1) is 0 Å². The molecule has 3 aromatic carbocycles. The lowest BCUT2D eigenvalue weighted by molar-refractivity contribution is 0.404. The van der Waals surface area contributed by atoms with Gasteiger partial charge in [0.1, 0.15) is 11.5 Å². The summed E-state index contributed by atoms with van der Waals surface area (Å²) in [5.41, 5.74) is 2.80. The van der Waals surface area contributed by atoms with Crippen LogP contribution in [-0.2, 0) is 5.41 Å². The minimum atomic E-state index is -0.218. The summed E-state index contributed by atoms with van der Waals surface area (Å²) in [5, 5.41) is 19.1. The first-order valence-corrected chi connectivity index (χ1v) is 9.66. The largest absolute Gasteiger partial charge is 0.504 e. The molecule has 30 heavy (non-hydrogen) atoms. The van der Waals surface area contributed by atoms with Crippen LogP contribution in [0.15, 0.2) is 77.3 Å². The molecule has 0 atom stereocenters. The first-order valence-electron chi connectivity index (χ1n) is 9.66. The lowest BCUT2D eigenvalue weighted by Crippen LogP contribution is -2.10. The smallest absolute Gasteiger partial charge is 0.226 e. The Bertz CT molecular complexity index is 1150. The second-order valence-corrected chi connectivity index (χ2v) is 8.13. The minimum absolute atomic E-state index is 0.106. The molecule has 1 aromatic heterocycles. The topological polar surface area (TPSA) is 75.7 Å². The van der Waals surface area contributed by atoms with Crippen molar-refractivity contribution in [3.05, 3.63) is 78.5 Å². The Morgan fingerprint density at radius 2 is 1.37 bits per heavy atom. The predicted octanol–water partition coefficient (Wildman–Crippen LogP) is 6.51.